The number of hydroxylamine groups is 4. The summed E-state index contributed by atoms with van der Waals surface area (Å²) in [7, 11) is 0. The summed E-state index contributed by atoms with van der Waals surface area (Å²) < 4.78 is 0. The lowest BCUT2D eigenvalue weighted by molar-refractivity contribution is -0.885. The first kappa shape index (κ1) is 13.9. The highest BCUT2D eigenvalue weighted by molar-refractivity contribution is 4.75. The molecule has 0 aromatic heterocycles. The normalized spacial score (nSPS) is 25.1. The maximum absolute atomic E-state index is 12.2. The minimum atomic E-state index is -1.17. The van der Waals surface area contributed by atoms with Crippen molar-refractivity contribution in [3.8, 4) is 0 Å². The second kappa shape index (κ2) is 5.96. The van der Waals surface area contributed by atoms with Crippen LogP contribution in [0.4, 0.5) is 0 Å². The summed E-state index contributed by atoms with van der Waals surface area (Å²) in [5.74, 6) is 0. The van der Waals surface area contributed by atoms with Crippen molar-refractivity contribution in [2.75, 3.05) is 0 Å². The Morgan fingerprint density at radius 2 is 0.938 bits per heavy atom. The second-order valence-electron chi connectivity index (χ2n) is 5.23. The van der Waals surface area contributed by atoms with Crippen molar-refractivity contribution in [3.05, 3.63) is 10.4 Å². The maximum Gasteiger partial charge on any atom is 0.0886 e. The van der Waals surface area contributed by atoms with Gasteiger partial charge in [-0.15, -0.1) is 0 Å². The molecule has 0 aromatic carbocycles. The van der Waals surface area contributed by atoms with E-state index in [-0.39, 0.29) is 18.2 Å². The molecule has 0 spiro atoms. The van der Waals surface area contributed by atoms with Crippen LogP contribution in [0, 0.1) is 10.4 Å². The van der Waals surface area contributed by atoms with Gasteiger partial charge in [0.1, 0.15) is 0 Å². The van der Waals surface area contributed by atoms with Crippen LogP contribution in [0.15, 0.2) is 0 Å². The third kappa shape index (κ3) is 2.94. The molecule has 2 aliphatic carbocycles. The Labute approximate surface area is 98.3 Å². The van der Waals surface area contributed by atoms with Crippen molar-refractivity contribution in [1.82, 2.24) is 6.15 Å². The lowest BCUT2D eigenvalue weighted by atomic mass is 9.90. The SMILES string of the molecule is [NH4+].[O-][N+]([O-])(C1CCCCC1)C1CCCCC1. The summed E-state index contributed by atoms with van der Waals surface area (Å²) in [4.78, 5) is -1.17. The largest absolute Gasteiger partial charge is 0.631 e. The van der Waals surface area contributed by atoms with Crippen molar-refractivity contribution in [3.63, 3.8) is 0 Å². The fourth-order valence-electron chi connectivity index (χ4n) is 3.18. The molecule has 0 unspecified atom stereocenters. The van der Waals surface area contributed by atoms with Gasteiger partial charge in [-0.25, -0.2) is 0 Å². The molecule has 0 atom stereocenters. The first-order valence-electron chi connectivity index (χ1n) is 6.51. The van der Waals surface area contributed by atoms with E-state index in [4.69, 9.17) is 0 Å². The molecule has 4 N–H and O–H groups in total. The number of hydrogen-bond acceptors (Lipinski definition) is 2. The van der Waals surface area contributed by atoms with Crippen LogP contribution in [0.25, 0.3) is 0 Å². The molecule has 0 heterocycles. The molecular weight excluding hydrogens is 204 g/mol. The van der Waals surface area contributed by atoms with Crippen molar-refractivity contribution in [2.24, 2.45) is 0 Å². The van der Waals surface area contributed by atoms with Gasteiger partial charge in [-0.2, -0.15) is 0 Å². The van der Waals surface area contributed by atoms with Gasteiger partial charge in [0.15, 0.2) is 0 Å². The van der Waals surface area contributed by atoms with Crippen molar-refractivity contribution in [2.45, 2.75) is 76.3 Å². The van der Waals surface area contributed by atoms with E-state index in [9.17, 15) is 10.4 Å². The van der Waals surface area contributed by atoms with E-state index in [0.717, 1.165) is 51.4 Å². The molecule has 0 aliphatic heterocycles. The highest BCUT2D eigenvalue weighted by Gasteiger charge is 2.31. The van der Waals surface area contributed by atoms with Crippen LogP contribution in [-0.4, -0.2) is 16.9 Å². The molecule has 0 aromatic rings. The van der Waals surface area contributed by atoms with Crippen LogP contribution in [0.5, 0.6) is 0 Å². The van der Waals surface area contributed by atoms with Gasteiger partial charge >= 0.3 is 0 Å². The monoisotopic (exact) mass is 230 g/mol. The minimum absolute atomic E-state index is 0. The molecule has 2 rings (SSSR count). The van der Waals surface area contributed by atoms with Gasteiger partial charge in [0, 0.05) is 0 Å². The Kier molecular flexibility index (Phi) is 5.18. The van der Waals surface area contributed by atoms with Crippen molar-refractivity contribution < 1.29 is 4.81 Å². The van der Waals surface area contributed by atoms with E-state index < -0.39 is 4.81 Å². The predicted molar refractivity (Wildman–Crippen MR) is 66.7 cm³/mol. The Bertz CT molecular complexity index is 177. The molecule has 0 saturated heterocycles. The Hall–Kier alpha value is -0.160. The van der Waals surface area contributed by atoms with Crippen molar-refractivity contribution >= 4 is 0 Å². The molecule has 2 saturated carbocycles. The quantitative estimate of drug-likeness (QED) is 0.577. The maximum atomic E-state index is 12.2. The third-order valence-corrected chi connectivity index (χ3v) is 4.17. The molecule has 2 aliphatic rings. The zero-order valence-electron chi connectivity index (χ0n) is 10.5. The highest BCUT2D eigenvalue weighted by atomic mass is 16.8. The van der Waals surface area contributed by atoms with E-state index in [0.29, 0.717) is 0 Å². The average Bonchev–Trinajstić information content (AvgIpc) is 2.31. The van der Waals surface area contributed by atoms with Crippen LogP contribution in [0.2, 0.25) is 0 Å². The fraction of sp³-hybridized carbons (Fsp3) is 1.00. The topological polar surface area (TPSA) is 82.6 Å². The van der Waals surface area contributed by atoms with E-state index in [1.165, 1.54) is 12.8 Å². The average molecular weight is 230 g/mol. The van der Waals surface area contributed by atoms with Crippen LogP contribution >= 0.6 is 0 Å². The number of nitrogens with zero attached hydrogens (tertiary/aromatic N) is 1. The highest BCUT2D eigenvalue weighted by Crippen LogP contribution is 2.34. The summed E-state index contributed by atoms with van der Waals surface area (Å²) in [6.07, 6.45) is 10.2. The van der Waals surface area contributed by atoms with E-state index in [2.05, 4.69) is 0 Å². The first-order chi connectivity index (χ1) is 7.21. The lowest BCUT2D eigenvalue weighted by Gasteiger charge is -2.59. The van der Waals surface area contributed by atoms with Crippen LogP contribution in [0.3, 0.4) is 0 Å². The van der Waals surface area contributed by atoms with Gasteiger partial charge in [0.25, 0.3) is 0 Å². The molecule has 96 valence electrons. The zero-order valence-corrected chi connectivity index (χ0v) is 10.5. The van der Waals surface area contributed by atoms with Crippen LogP contribution in [-0.2, 0) is 0 Å². The molecule has 0 amide bonds. The molecule has 4 nitrogen and oxygen atoms in total. The molecule has 0 radical (unpaired) electrons. The van der Waals surface area contributed by atoms with Gasteiger partial charge in [-0.05, 0) is 51.4 Å². The Balaban J connectivity index is 0.00000128. The number of hydrogen-bond donors (Lipinski definition) is 1. The van der Waals surface area contributed by atoms with Gasteiger partial charge in [0.05, 0.1) is 12.1 Å². The van der Waals surface area contributed by atoms with E-state index in [1.807, 2.05) is 0 Å². The van der Waals surface area contributed by atoms with Gasteiger partial charge in [0.2, 0.25) is 0 Å². The zero-order chi connectivity index (χ0) is 10.7. The van der Waals surface area contributed by atoms with Gasteiger partial charge < -0.3 is 21.4 Å². The second-order valence-corrected chi connectivity index (χ2v) is 5.23. The van der Waals surface area contributed by atoms with Crippen LogP contribution in [0.1, 0.15) is 64.2 Å². The van der Waals surface area contributed by atoms with Crippen molar-refractivity contribution in [1.29, 1.82) is 0 Å². The standard InChI is InChI=1S/C12H22NO2.H3N/c14-13(15,11-7-3-1-4-8-11)12-9-5-2-6-10-12;/h11-12H,1-10H2;1H3/q-1;/p+1. The summed E-state index contributed by atoms with van der Waals surface area (Å²) in [6.45, 7) is 0. The van der Waals surface area contributed by atoms with Gasteiger partial charge in [-0.3, -0.25) is 0 Å². The molecule has 4 heteroatoms. The Morgan fingerprint density at radius 3 is 1.25 bits per heavy atom. The smallest absolute Gasteiger partial charge is 0.0886 e. The van der Waals surface area contributed by atoms with E-state index in [1.54, 1.807) is 0 Å². The molecule has 0 bridgehead atoms. The molecule has 2 fully saturated rings. The summed E-state index contributed by atoms with van der Waals surface area (Å²) in [6, 6.07) is -0.274. The summed E-state index contributed by atoms with van der Waals surface area (Å²) >= 11 is 0. The summed E-state index contributed by atoms with van der Waals surface area (Å²) in [5, 5.41) is 24.4. The minimum Gasteiger partial charge on any atom is -0.631 e. The molecule has 16 heavy (non-hydrogen) atoms. The Morgan fingerprint density at radius 1 is 0.625 bits per heavy atom. The third-order valence-electron chi connectivity index (χ3n) is 4.17. The fourth-order valence-corrected chi connectivity index (χ4v) is 3.18. The molecular formula is C12H26N2O2. The lowest BCUT2D eigenvalue weighted by Crippen LogP contribution is -2.54. The van der Waals surface area contributed by atoms with E-state index >= 15 is 0 Å². The number of rotatable bonds is 2. The number of quaternary nitrogens is 2. The predicted octanol–water partition coefficient (Wildman–Crippen LogP) is 3.84. The summed E-state index contributed by atoms with van der Waals surface area (Å²) in [5.41, 5.74) is 0. The van der Waals surface area contributed by atoms with Crippen LogP contribution < -0.4 is 6.15 Å². The van der Waals surface area contributed by atoms with Gasteiger partial charge in [-0.1, -0.05) is 12.8 Å². The first-order valence-corrected chi connectivity index (χ1v) is 6.51.